The maximum Gasteiger partial charge on any atom is 0.318 e. The molecule has 18 nitrogen and oxygen atoms in total. The van der Waals surface area contributed by atoms with Crippen molar-refractivity contribution in [1.82, 2.24) is 44.6 Å². The first-order chi connectivity index (χ1) is 37.3. The van der Waals surface area contributed by atoms with Crippen molar-refractivity contribution in [1.29, 1.82) is 0 Å². The standard InChI is InChI=1S/C30H32N6O4.C28H31N5O3/c1-2-28(38)35-7-9-36(10-8-35)29-25-20-31-26(24-18-22(37)17-21-5-3-4-6-23(21)24)19-27(25)32-30(33-29)40-16-13-34-11-14-39-15-12-34;34-21-16-20-6-2-3-7-22(20)23(17-21)25-18-26-24(19-29-25)27(33-8-4-1-5-9-33)31-28(30-26)36-15-12-32-10-13-35-14-11-32/h2-6,17-20,37H,1,7-16H2;2-3,6-7,16-19,34H,1,4-5,8-15H2. The smallest absolute Gasteiger partial charge is 0.318 e. The number of hydrogen-bond acceptors (Lipinski definition) is 17. The lowest BCUT2D eigenvalue weighted by molar-refractivity contribution is -0.126. The van der Waals surface area contributed by atoms with E-state index in [1.807, 2.05) is 60.8 Å². The Hall–Kier alpha value is -7.77. The van der Waals surface area contributed by atoms with E-state index in [1.165, 1.54) is 12.5 Å². The lowest BCUT2D eigenvalue weighted by atomic mass is 10.0. The highest BCUT2D eigenvalue weighted by molar-refractivity contribution is 6.01. The van der Waals surface area contributed by atoms with Gasteiger partial charge >= 0.3 is 12.0 Å². The summed E-state index contributed by atoms with van der Waals surface area (Å²) in [4.78, 5) is 51.8. The van der Waals surface area contributed by atoms with E-state index in [4.69, 9.17) is 48.9 Å². The van der Waals surface area contributed by atoms with Crippen LogP contribution in [-0.4, -0.2) is 179 Å². The van der Waals surface area contributed by atoms with Crippen molar-refractivity contribution in [2.75, 3.05) is 128 Å². The number of ether oxygens (including phenoxy) is 4. The SMILES string of the molecule is C=CC(=O)N1CCN(c2nc(OCCN3CCOCC3)nc3cc(-c4cc(O)cc5ccccc45)ncc23)CC1.Oc1cc(-c2cc3nc(OCCN4CCOCC4)nc(N4CCCCC4)c3cn2)c2ccccc2c1. The first kappa shape index (κ1) is 50.4. The van der Waals surface area contributed by atoms with Crippen LogP contribution in [0.25, 0.3) is 65.9 Å². The maximum absolute atomic E-state index is 12.1. The summed E-state index contributed by atoms with van der Waals surface area (Å²) in [7, 11) is 0. The van der Waals surface area contributed by atoms with E-state index in [1.54, 1.807) is 35.4 Å². The summed E-state index contributed by atoms with van der Waals surface area (Å²) in [5.41, 5.74) is 4.66. The van der Waals surface area contributed by atoms with Crippen molar-refractivity contribution in [3.63, 3.8) is 0 Å². The van der Waals surface area contributed by atoms with Crippen molar-refractivity contribution < 1.29 is 34.0 Å². The Morgan fingerprint density at radius 1 is 0.553 bits per heavy atom. The number of hydrogen-bond donors (Lipinski definition) is 2. The number of aromatic hydroxyl groups is 2. The van der Waals surface area contributed by atoms with E-state index in [0.717, 1.165) is 158 Å². The Balaban J connectivity index is 0.000000163. The second-order valence-electron chi connectivity index (χ2n) is 19.4. The molecular formula is C58H63N11O7. The van der Waals surface area contributed by atoms with Gasteiger partial charge in [-0.3, -0.25) is 24.6 Å². The summed E-state index contributed by atoms with van der Waals surface area (Å²) in [6, 6.07) is 27.6. The van der Waals surface area contributed by atoms with Gasteiger partial charge in [-0.15, -0.1) is 0 Å². The zero-order valence-electron chi connectivity index (χ0n) is 42.7. The predicted octanol–water partition coefficient (Wildman–Crippen LogP) is 7.35. The number of anilines is 2. The lowest BCUT2D eigenvalue weighted by Gasteiger charge is -2.35. The topological polar surface area (TPSA) is 188 Å². The van der Waals surface area contributed by atoms with Crippen LogP contribution in [0, 0.1) is 0 Å². The molecule has 4 aliphatic heterocycles. The maximum atomic E-state index is 12.1. The summed E-state index contributed by atoms with van der Waals surface area (Å²) >= 11 is 0. The van der Waals surface area contributed by atoms with Gasteiger partial charge in [-0.25, -0.2) is 0 Å². The Kier molecular flexibility index (Phi) is 15.5. The number of carbonyl (C=O) groups excluding carboxylic acids is 1. The second kappa shape index (κ2) is 23.4. The zero-order valence-corrected chi connectivity index (χ0v) is 42.7. The molecule has 4 aromatic carbocycles. The summed E-state index contributed by atoms with van der Waals surface area (Å²) in [6.07, 6.45) is 8.56. The van der Waals surface area contributed by atoms with E-state index in [0.29, 0.717) is 62.6 Å². The molecule has 392 valence electrons. The number of benzene rings is 4. The fourth-order valence-electron chi connectivity index (χ4n) is 10.5. The Labute approximate surface area is 441 Å². The third-order valence-electron chi connectivity index (χ3n) is 14.5. The number of piperazine rings is 1. The third-order valence-corrected chi connectivity index (χ3v) is 14.5. The van der Waals surface area contributed by atoms with E-state index < -0.39 is 0 Å². The number of amides is 1. The van der Waals surface area contributed by atoms with Crippen LogP contribution in [0.4, 0.5) is 11.6 Å². The molecule has 0 unspecified atom stereocenters. The molecule has 8 aromatic rings. The molecule has 4 aliphatic rings. The fraction of sp³-hybridized carbons (Fsp3) is 0.362. The van der Waals surface area contributed by atoms with E-state index >= 15 is 0 Å². The molecule has 1 amide bonds. The summed E-state index contributed by atoms with van der Waals surface area (Å²) in [5.74, 6) is 1.95. The number of nitrogens with zero attached hydrogens (tertiary/aromatic N) is 11. The van der Waals surface area contributed by atoms with Crippen molar-refractivity contribution in [2.24, 2.45) is 0 Å². The molecule has 0 saturated carbocycles. The Morgan fingerprint density at radius 2 is 1.01 bits per heavy atom. The summed E-state index contributed by atoms with van der Waals surface area (Å²) in [5, 5.41) is 26.4. The monoisotopic (exact) mass is 1030 g/mol. The molecule has 12 rings (SSSR count). The fourth-order valence-corrected chi connectivity index (χ4v) is 10.5. The quantitative estimate of drug-likeness (QED) is 0.109. The number of pyridine rings is 2. The van der Waals surface area contributed by atoms with Crippen molar-refractivity contribution in [2.45, 2.75) is 19.3 Å². The number of aromatic nitrogens is 6. The molecule has 0 atom stereocenters. The van der Waals surface area contributed by atoms with Gasteiger partial charge in [0.2, 0.25) is 5.91 Å². The van der Waals surface area contributed by atoms with Gasteiger partial charge in [0.05, 0.1) is 59.6 Å². The van der Waals surface area contributed by atoms with Gasteiger partial charge < -0.3 is 43.9 Å². The number of rotatable bonds is 13. The van der Waals surface area contributed by atoms with Crippen LogP contribution >= 0.6 is 0 Å². The molecular weight excluding hydrogens is 963 g/mol. The minimum atomic E-state index is -0.0658. The van der Waals surface area contributed by atoms with Gasteiger partial charge in [0.25, 0.3) is 0 Å². The minimum absolute atomic E-state index is 0.0658. The average molecular weight is 1030 g/mol. The molecule has 4 aromatic heterocycles. The van der Waals surface area contributed by atoms with Crippen LogP contribution < -0.4 is 19.3 Å². The van der Waals surface area contributed by atoms with Gasteiger partial charge in [0, 0.05) is 102 Å². The van der Waals surface area contributed by atoms with Crippen LogP contribution in [0.1, 0.15) is 19.3 Å². The van der Waals surface area contributed by atoms with Gasteiger partial charge in [-0.1, -0.05) is 55.1 Å². The summed E-state index contributed by atoms with van der Waals surface area (Å²) in [6.45, 7) is 17.1. The Morgan fingerprint density at radius 3 is 1.49 bits per heavy atom. The van der Waals surface area contributed by atoms with Crippen LogP contribution in [0.2, 0.25) is 0 Å². The van der Waals surface area contributed by atoms with E-state index in [-0.39, 0.29) is 17.4 Å². The number of carbonyl (C=O) groups is 1. The molecule has 4 saturated heterocycles. The molecule has 8 heterocycles. The highest BCUT2D eigenvalue weighted by Crippen LogP contribution is 2.37. The first-order valence-electron chi connectivity index (χ1n) is 26.4. The predicted molar refractivity (Wildman–Crippen MR) is 294 cm³/mol. The Bertz CT molecular complexity index is 3360. The molecule has 0 radical (unpaired) electrons. The number of fused-ring (bicyclic) bond motifs is 4. The van der Waals surface area contributed by atoms with Crippen LogP contribution in [0.5, 0.6) is 23.5 Å². The van der Waals surface area contributed by atoms with Crippen molar-refractivity contribution in [3.05, 3.63) is 110 Å². The van der Waals surface area contributed by atoms with Gasteiger partial charge in [-0.05, 0) is 83.3 Å². The number of phenols is 2. The van der Waals surface area contributed by atoms with Crippen LogP contribution in [-0.2, 0) is 14.3 Å². The van der Waals surface area contributed by atoms with Gasteiger partial charge in [0.1, 0.15) is 36.3 Å². The highest BCUT2D eigenvalue weighted by Gasteiger charge is 2.25. The largest absolute Gasteiger partial charge is 0.508 e. The van der Waals surface area contributed by atoms with Crippen molar-refractivity contribution >= 4 is 60.9 Å². The van der Waals surface area contributed by atoms with Crippen LogP contribution in [0.15, 0.2) is 110 Å². The number of morpholine rings is 2. The first-order valence-corrected chi connectivity index (χ1v) is 26.4. The normalized spacial score (nSPS) is 16.7. The van der Waals surface area contributed by atoms with Crippen LogP contribution in [0.3, 0.4) is 0 Å². The van der Waals surface area contributed by atoms with E-state index in [9.17, 15) is 15.0 Å². The summed E-state index contributed by atoms with van der Waals surface area (Å²) < 4.78 is 23.1. The molecule has 4 fully saturated rings. The van der Waals surface area contributed by atoms with Gasteiger partial charge in [0.15, 0.2) is 0 Å². The zero-order chi connectivity index (χ0) is 51.8. The lowest BCUT2D eigenvalue weighted by Crippen LogP contribution is -2.48. The van der Waals surface area contributed by atoms with Gasteiger partial charge in [-0.2, -0.15) is 19.9 Å². The third kappa shape index (κ3) is 11.5. The molecule has 0 bridgehead atoms. The molecule has 0 aliphatic carbocycles. The average Bonchev–Trinajstić information content (AvgIpc) is 3.47. The second-order valence-corrected chi connectivity index (χ2v) is 19.4. The number of phenolic OH excluding ortho intramolecular Hbond substituents is 2. The highest BCUT2D eigenvalue weighted by atomic mass is 16.5. The molecule has 18 heteroatoms. The molecule has 2 N–H and O–H groups in total. The number of piperidine rings is 1. The van der Waals surface area contributed by atoms with Crippen molar-refractivity contribution in [3.8, 4) is 46.0 Å². The molecule has 76 heavy (non-hydrogen) atoms. The molecule has 0 spiro atoms. The minimum Gasteiger partial charge on any atom is -0.508 e. The van der Waals surface area contributed by atoms with E-state index in [2.05, 4.69) is 32.2 Å².